The molecule has 0 unspecified atom stereocenters. The summed E-state index contributed by atoms with van der Waals surface area (Å²) in [6.45, 7) is 5.81. The fourth-order valence-electron chi connectivity index (χ4n) is 1.86. The molecule has 1 aromatic heterocycles. The van der Waals surface area contributed by atoms with Crippen molar-refractivity contribution in [1.29, 1.82) is 0 Å². The molecule has 1 heterocycles. The number of hydrogen-bond donors (Lipinski definition) is 3. The van der Waals surface area contributed by atoms with E-state index in [1.807, 2.05) is 37.8 Å². The van der Waals surface area contributed by atoms with E-state index in [2.05, 4.69) is 15.6 Å². The molecule has 0 spiro atoms. The number of oxime groups is 1. The smallest absolute Gasteiger partial charge is 0.144 e. The fourth-order valence-corrected chi connectivity index (χ4v) is 1.86. The molecule has 0 saturated heterocycles. The molecule has 0 fully saturated rings. The normalized spacial score (nSPS) is 12.9. The largest absolute Gasteiger partial charge is 0.409 e. The van der Waals surface area contributed by atoms with Crippen molar-refractivity contribution in [3.8, 4) is 0 Å². The van der Waals surface area contributed by atoms with E-state index in [9.17, 15) is 0 Å². The minimum absolute atomic E-state index is 0.253. The molecule has 6 nitrogen and oxygen atoms in total. The predicted molar refractivity (Wildman–Crippen MR) is 76.2 cm³/mol. The molecule has 6 heteroatoms. The Hall–Kier alpha value is -1.56. The number of aryl methyl sites for hydroxylation is 1. The van der Waals surface area contributed by atoms with Crippen molar-refractivity contribution >= 4 is 5.84 Å². The van der Waals surface area contributed by atoms with Gasteiger partial charge in [-0.15, -0.1) is 0 Å². The molecular weight excluding hydrogens is 242 g/mol. The number of nitrogens with two attached hydrogens (primary N) is 1. The quantitative estimate of drug-likeness (QED) is 0.216. The SMILES string of the molecule is Cn1ccc(CCNCCCC(C)(C)/C(N)=N/O)n1. The lowest BCUT2D eigenvalue weighted by molar-refractivity contribution is 0.304. The number of rotatable bonds is 8. The first-order chi connectivity index (χ1) is 8.95. The number of aromatic nitrogens is 2. The Morgan fingerprint density at radius 3 is 2.84 bits per heavy atom. The van der Waals surface area contributed by atoms with Crippen molar-refractivity contribution in [2.24, 2.45) is 23.4 Å². The Kier molecular flexibility index (Phi) is 5.82. The van der Waals surface area contributed by atoms with Crippen LogP contribution in [0.5, 0.6) is 0 Å². The second kappa shape index (κ2) is 7.13. The van der Waals surface area contributed by atoms with E-state index < -0.39 is 0 Å². The average Bonchev–Trinajstić information content (AvgIpc) is 2.78. The highest BCUT2D eigenvalue weighted by molar-refractivity contribution is 5.85. The molecule has 0 saturated carbocycles. The molecule has 0 aliphatic heterocycles. The van der Waals surface area contributed by atoms with E-state index in [0.717, 1.165) is 38.0 Å². The van der Waals surface area contributed by atoms with Crippen LogP contribution in [0.2, 0.25) is 0 Å². The van der Waals surface area contributed by atoms with Gasteiger partial charge >= 0.3 is 0 Å². The van der Waals surface area contributed by atoms with Crippen LogP contribution in [0, 0.1) is 5.41 Å². The third-order valence-electron chi connectivity index (χ3n) is 3.28. The van der Waals surface area contributed by atoms with E-state index in [0.29, 0.717) is 5.84 Å². The number of amidine groups is 1. The zero-order valence-electron chi connectivity index (χ0n) is 12.1. The van der Waals surface area contributed by atoms with Crippen molar-refractivity contribution in [2.75, 3.05) is 13.1 Å². The van der Waals surface area contributed by atoms with Crippen LogP contribution < -0.4 is 11.1 Å². The van der Waals surface area contributed by atoms with Gasteiger partial charge in [-0.1, -0.05) is 19.0 Å². The lowest BCUT2D eigenvalue weighted by Crippen LogP contribution is -2.32. The molecule has 0 aliphatic rings. The maximum atomic E-state index is 8.68. The van der Waals surface area contributed by atoms with Gasteiger partial charge in [0.15, 0.2) is 0 Å². The number of nitrogens with zero attached hydrogens (tertiary/aromatic N) is 3. The molecule has 4 N–H and O–H groups in total. The van der Waals surface area contributed by atoms with E-state index in [-0.39, 0.29) is 5.41 Å². The first-order valence-electron chi connectivity index (χ1n) is 6.63. The molecule has 0 aromatic carbocycles. The molecule has 19 heavy (non-hydrogen) atoms. The van der Waals surface area contributed by atoms with Crippen molar-refractivity contribution in [2.45, 2.75) is 33.1 Å². The Bertz CT molecular complexity index is 411. The summed E-state index contributed by atoms with van der Waals surface area (Å²) < 4.78 is 1.81. The highest BCUT2D eigenvalue weighted by Gasteiger charge is 2.22. The van der Waals surface area contributed by atoms with Crippen molar-refractivity contribution in [1.82, 2.24) is 15.1 Å². The molecular formula is C13H25N5O. The Labute approximate surface area is 114 Å². The van der Waals surface area contributed by atoms with Gasteiger partial charge in [0.2, 0.25) is 0 Å². The highest BCUT2D eigenvalue weighted by Crippen LogP contribution is 2.21. The van der Waals surface area contributed by atoms with E-state index in [1.165, 1.54) is 0 Å². The van der Waals surface area contributed by atoms with Crippen molar-refractivity contribution < 1.29 is 5.21 Å². The van der Waals surface area contributed by atoms with Gasteiger partial charge in [-0.25, -0.2) is 0 Å². The van der Waals surface area contributed by atoms with Gasteiger partial charge in [0.1, 0.15) is 5.84 Å². The molecule has 0 aliphatic carbocycles. The lowest BCUT2D eigenvalue weighted by atomic mass is 9.86. The summed E-state index contributed by atoms with van der Waals surface area (Å²) in [5.74, 6) is 0.293. The molecule has 0 bridgehead atoms. The van der Waals surface area contributed by atoms with Crippen LogP contribution in [-0.2, 0) is 13.5 Å². The molecule has 0 amide bonds. The second-order valence-electron chi connectivity index (χ2n) is 5.45. The lowest BCUT2D eigenvalue weighted by Gasteiger charge is -2.22. The van der Waals surface area contributed by atoms with Gasteiger partial charge in [0.05, 0.1) is 5.69 Å². The summed E-state index contributed by atoms with van der Waals surface area (Å²) >= 11 is 0. The molecule has 0 atom stereocenters. The Morgan fingerprint density at radius 2 is 2.26 bits per heavy atom. The van der Waals surface area contributed by atoms with Gasteiger partial charge in [-0.2, -0.15) is 5.10 Å². The van der Waals surface area contributed by atoms with E-state index >= 15 is 0 Å². The summed E-state index contributed by atoms with van der Waals surface area (Å²) in [5, 5.41) is 19.5. The van der Waals surface area contributed by atoms with E-state index in [1.54, 1.807) is 0 Å². The third-order valence-corrected chi connectivity index (χ3v) is 3.28. The second-order valence-corrected chi connectivity index (χ2v) is 5.45. The predicted octanol–water partition coefficient (Wildman–Crippen LogP) is 1.10. The van der Waals surface area contributed by atoms with Crippen molar-refractivity contribution in [3.05, 3.63) is 18.0 Å². The number of nitrogens with one attached hydrogen (secondary N) is 1. The topological polar surface area (TPSA) is 88.5 Å². The molecule has 0 radical (unpaired) electrons. The van der Waals surface area contributed by atoms with Crippen molar-refractivity contribution in [3.63, 3.8) is 0 Å². The third kappa shape index (κ3) is 5.30. The summed E-state index contributed by atoms with van der Waals surface area (Å²) in [7, 11) is 1.92. The van der Waals surface area contributed by atoms with Crippen LogP contribution in [0.3, 0.4) is 0 Å². The minimum Gasteiger partial charge on any atom is -0.409 e. The Balaban J connectivity index is 2.11. The molecule has 1 aromatic rings. The first kappa shape index (κ1) is 15.5. The minimum atomic E-state index is -0.253. The maximum absolute atomic E-state index is 8.68. The first-order valence-corrected chi connectivity index (χ1v) is 6.63. The standard InChI is InChI=1S/C13H25N5O/c1-13(2,12(14)17-19)7-4-8-15-9-5-11-6-10-18(3)16-11/h6,10,15,19H,4-5,7-9H2,1-3H3,(H2,14,17). The average molecular weight is 267 g/mol. The summed E-state index contributed by atoms with van der Waals surface area (Å²) in [6.07, 6.45) is 4.77. The van der Waals surface area contributed by atoms with Gasteiger partial charge in [0.25, 0.3) is 0 Å². The Morgan fingerprint density at radius 1 is 1.53 bits per heavy atom. The van der Waals surface area contributed by atoms with Gasteiger partial charge < -0.3 is 16.3 Å². The van der Waals surface area contributed by atoms with Gasteiger partial charge in [-0.3, -0.25) is 4.68 Å². The van der Waals surface area contributed by atoms with Crippen LogP contribution in [0.25, 0.3) is 0 Å². The monoisotopic (exact) mass is 267 g/mol. The summed E-state index contributed by atoms with van der Waals surface area (Å²) in [5.41, 5.74) is 6.49. The summed E-state index contributed by atoms with van der Waals surface area (Å²) in [4.78, 5) is 0. The van der Waals surface area contributed by atoms with Gasteiger partial charge in [0, 0.05) is 31.6 Å². The fraction of sp³-hybridized carbons (Fsp3) is 0.692. The molecule has 1 rings (SSSR count). The van der Waals surface area contributed by atoms with Crippen LogP contribution >= 0.6 is 0 Å². The zero-order chi connectivity index (χ0) is 14.3. The molecule has 108 valence electrons. The zero-order valence-corrected chi connectivity index (χ0v) is 12.1. The highest BCUT2D eigenvalue weighted by atomic mass is 16.4. The van der Waals surface area contributed by atoms with Gasteiger partial charge in [-0.05, 0) is 25.5 Å². The van der Waals surface area contributed by atoms with Crippen LogP contribution in [0.4, 0.5) is 0 Å². The van der Waals surface area contributed by atoms with E-state index in [4.69, 9.17) is 10.9 Å². The van der Waals surface area contributed by atoms with Crippen LogP contribution in [0.1, 0.15) is 32.4 Å². The van der Waals surface area contributed by atoms with Crippen LogP contribution in [-0.4, -0.2) is 33.9 Å². The van der Waals surface area contributed by atoms with Crippen LogP contribution in [0.15, 0.2) is 17.4 Å². The number of hydrogen-bond acceptors (Lipinski definition) is 4. The summed E-state index contributed by atoms with van der Waals surface area (Å²) in [6, 6.07) is 2.03. The maximum Gasteiger partial charge on any atom is 0.144 e.